The van der Waals surface area contributed by atoms with Gasteiger partial charge in [0.2, 0.25) is 5.82 Å². The first kappa shape index (κ1) is 23.1. The van der Waals surface area contributed by atoms with E-state index in [0.29, 0.717) is 17.8 Å². The Morgan fingerprint density at radius 2 is 1.79 bits per heavy atom. The third-order valence-electron chi connectivity index (χ3n) is 4.94. The Hall–Kier alpha value is -3.11. The fourth-order valence-corrected chi connectivity index (χ4v) is 3.79. The third kappa shape index (κ3) is 5.63. The number of aromatic nitrogens is 4. The summed E-state index contributed by atoms with van der Waals surface area (Å²) in [7, 11) is 0. The lowest BCUT2D eigenvalue weighted by molar-refractivity contribution is -0.0328. The lowest BCUT2D eigenvalue weighted by atomic mass is 9.96. The number of rotatable bonds is 6. The third-order valence-corrected chi connectivity index (χ3v) is 5.68. The second-order valence-electron chi connectivity index (χ2n) is 8.08. The molecule has 2 aromatic heterocycles. The molecule has 0 saturated carbocycles. The molecule has 10 heteroatoms. The van der Waals surface area contributed by atoms with E-state index in [1.807, 2.05) is 37.3 Å². The van der Waals surface area contributed by atoms with Crippen LogP contribution in [0.15, 0.2) is 64.0 Å². The largest absolute Gasteiger partial charge is 0.446 e. The first-order valence-electron chi connectivity index (χ1n) is 10.0. The summed E-state index contributed by atoms with van der Waals surface area (Å²) in [6.07, 6.45) is 0. The van der Waals surface area contributed by atoms with E-state index in [0.717, 1.165) is 16.8 Å². The molecule has 33 heavy (non-hydrogen) atoms. The van der Waals surface area contributed by atoms with Crippen molar-refractivity contribution in [2.75, 3.05) is 0 Å². The van der Waals surface area contributed by atoms with E-state index < -0.39 is 11.1 Å². The Labute approximate surface area is 192 Å². The molecular weight excluding hydrogens is 453 g/mol. The number of halogens is 3. The van der Waals surface area contributed by atoms with Crippen LogP contribution in [0.1, 0.15) is 30.7 Å². The number of aryl methyl sites for hydroxylation is 1. The zero-order valence-electron chi connectivity index (χ0n) is 18.1. The van der Waals surface area contributed by atoms with Crippen LogP contribution in [0.5, 0.6) is 0 Å². The van der Waals surface area contributed by atoms with Gasteiger partial charge in [0, 0.05) is 16.2 Å². The monoisotopic (exact) mass is 474 g/mol. The van der Waals surface area contributed by atoms with Crippen LogP contribution in [0.25, 0.3) is 23.0 Å². The van der Waals surface area contributed by atoms with Crippen molar-refractivity contribution in [3.8, 4) is 23.0 Å². The maximum absolute atomic E-state index is 12.5. The predicted molar refractivity (Wildman–Crippen MR) is 118 cm³/mol. The SMILES string of the molecule is Cc1cc(-c2nc(-c3ccc(SC(F)(F)F)cc3)no2)nn1Cc1cccc(C(C)(C)O)c1. The molecule has 0 aliphatic carbocycles. The normalized spacial score (nSPS) is 12.3. The Morgan fingerprint density at radius 3 is 2.45 bits per heavy atom. The van der Waals surface area contributed by atoms with Gasteiger partial charge in [-0.25, -0.2) is 0 Å². The van der Waals surface area contributed by atoms with Crippen molar-refractivity contribution in [2.24, 2.45) is 0 Å². The van der Waals surface area contributed by atoms with Crippen LogP contribution in [0, 0.1) is 6.92 Å². The maximum Gasteiger partial charge on any atom is 0.446 e. The van der Waals surface area contributed by atoms with Crippen molar-refractivity contribution in [1.29, 1.82) is 0 Å². The first-order valence-corrected chi connectivity index (χ1v) is 10.9. The molecule has 2 heterocycles. The molecule has 0 amide bonds. The quantitative estimate of drug-likeness (QED) is 0.356. The average Bonchev–Trinajstić information content (AvgIpc) is 3.34. The highest BCUT2D eigenvalue weighted by Gasteiger charge is 2.29. The molecule has 172 valence electrons. The van der Waals surface area contributed by atoms with Gasteiger partial charge in [-0.15, -0.1) is 0 Å². The standard InChI is InChI=1S/C23H21F3N4O2S/c1-14-11-19(28-30(14)13-15-5-4-6-17(12-15)22(2,3)31)21-27-20(29-32-21)16-7-9-18(10-8-16)33-23(24,25)26/h4-12,31H,13H2,1-3H3. The minimum Gasteiger partial charge on any atom is -0.386 e. The van der Waals surface area contributed by atoms with E-state index in [9.17, 15) is 18.3 Å². The van der Waals surface area contributed by atoms with Crippen molar-refractivity contribution in [2.45, 2.75) is 43.3 Å². The highest BCUT2D eigenvalue weighted by atomic mass is 32.2. The molecule has 2 aromatic carbocycles. The zero-order valence-corrected chi connectivity index (χ0v) is 18.9. The summed E-state index contributed by atoms with van der Waals surface area (Å²) in [6.45, 7) is 5.87. The van der Waals surface area contributed by atoms with E-state index in [1.54, 1.807) is 18.5 Å². The van der Waals surface area contributed by atoms with Gasteiger partial charge in [0.1, 0.15) is 0 Å². The van der Waals surface area contributed by atoms with Crippen LogP contribution >= 0.6 is 11.8 Å². The lowest BCUT2D eigenvalue weighted by Gasteiger charge is -2.18. The number of benzene rings is 2. The van der Waals surface area contributed by atoms with Crippen molar-refractivity contribution in [1.82, 2.24) is 19.9 Å². The van der Waals surface area contributed by atoms with Gasteiger partial charge in [-0.1, -0.05) is 29.4 Å². The molecule has 1 N–H and O–H groups in total. The molecule has 0 atom stereocenters. The smallest absolute Gasteiger partial charge is 0.386 e. The molecule has 0 aliphatic heterocycles. The summed E-state index contributed by atoms with van der Waals surface area (Å²) < 4.78 is 44.7. The summed E-state index contributed by atoms with van der Waals surface area (Å²) in [4.78, 5) is 4.43. The maximum atomic E-state index is 12.5. The number of alkyl halides is 3. The van der Waals surface area contributed by atoms with Crippen LogP contribution in [0.3, 0.4) is 0 Å². The molecule has 0 bridgehead atoms. The topological polar surface area (TPSA) is 77.0 Å². The Morgan fingerprint density at radius 1 is 1.06 bits per heavy atom. The van der Waals surface area contributed by atoms with E-state index in [2.05, 4.69) is 15.2 Å². The van der Waals surface area contributed by atoms with Crippen LogP contribution < -0.4 is 0 Å². The van der Waals surface area contributed by atoms with E-state index >= 15 is 0 Å². The molecule has 6 nitrogen and oxygen atoms in total. The van der Waals surface area contributed by atoms with Gasteiger partial charge in [0.15, 0.2) is 5.69 Å². The fourth-order valence-electron chi connectivity index (χ4n) is 3.25. The van der Waals surface area contributed by atoms with E-state index in [4.69, 9.17) is 4.52 Å². The van der Waals surface area contributed by atoms with Crippen LogP contribution in [0.2, 0.25) is 0 Å². The lowest BCUT2D eigenvalue weighted by Crippen LogP contribution is -2.16. The molecule has 0 fully saturated rings. The summed E-state index contributed by atoms with van der Waals surface area (Å²) >= 11 is -0.177. The number of nitrogens with zero attached hydrogens (tertiary/aromatic N) is 4. The van der Waals surface area contributed by atoms with Crippen LogP contribution in [-0.2, 0) is 12.1 Å². The van der Waals surface area contributed by atoms with Gasteiger partial charge in [-0.3, -0.25) is 4.68 Å². The summed E-state index contributed by atoms with van der Waals surface area (Å²) in [6, 6.07) is 15.2. The minimum atomic E-state index is -4.34. The second-order valence-corrected chi connectivity index (χ2v) is 9.22. The van der Waals surface area contributed by atoms with Gasteiger partial charge in [0.05, 0.1) is 12.1 Å². The van der Waals surface area contributed by atoms with Gasteiger partial charge in [-0.05, 0) is 74.0 Å². The van der Waals surface area contributed by atoms with Crippen molar-refractivity contribution >= 4 is 11.8 Å². The number of aliphatic hydroxyl groups is 1. The number of hydrogen-bond donors (Lipinski definition) is 1. The molecule has 0 radical (unpaired) electrons. The first-order chi connectivity index (χ1) is 15.5. The Balaban J connectivity index is 1.52. The summed E-state index contributed by atoms with van der Waals surface area (Å²) in [5, 5.41) is 18.7. The fraction of sp³-hybridized carbons (Fsp3) is 0.261. The van der Waals surface area contributed by atoms with Gasteiger partial charge in [0.25, 0.3) is 5.89 Å². The number of thioether (sulfide) groups is 1. The average molecular weight is 475 g/mol. The van der Waals surface area contributed by atoms with Crippen LogP contribution in [0.4, 0.5) is 13.2 Å². The highest BCUT2D eigenvalue weighted by molar-refractivity contribution is 8.00. The molecule has 0 unspecified atom stereocenters. The molecule has 4 aromatic rings. The Bertz CT molecular complexity index is 1260. The molecular formula is C23H21F3N4O2S. The molecule has 4 rings (SSSR count). The van der Waals surface area contributed by atoms with E-state index in [1.165, 1.54) is 24.3 Å². The predicted octanol–water partition coefficient (Wildman–Crippen LogP) is 5.80. The summed E-state index contributed by atoms with van der Waals surface area (Å²) in [5.74, 6) is 0.476. The van der Waals surface area contributed by atoms with Crippen molar-refractivity contribution in [3.05, 3.63) is 71.4 Å². The highest BCUT2D eigenvalue weighted by Crippen LogP contribution is 2.37. The van der Waals surface area contributed by atoms with Gasteiger partial charge >= 0.3 is 5.51 Å². The van der Waals surface area contributed by atoms with Gasteiger partial charge in [-0.2, -0.15) is 23.3 Å². The molecule has 0 saturated heterocycles. The van der Waals surface area contributed by atoms with E-state index in [-0.39, 0.29) is 28.4 Å². The van der Waals surface area contributed by atoms with Gasteiger partial charge < -0.3 is 9.63 Å². The minimum absolute atomic E-state index is 0.0815. The summed E-state index contributed by atoms with van der Waals surface area (Å²) in [5.41, 5.74) is -1.57. The molecule has 0 spiro atoms. The second kappa shape index (κ2) is 8.68. The molecule has 0 aliphatic rings. The van der Waals surface area contributed by atoms with Crippen LogP contribution in [-0.4, -0.2) is 30.5 Å². The zero-order chi connectivity index (χ0) is 23.8. The van der Waals surface area contributed by atoms with Crippen molar-refractivity contribution < 1.29 is 22.8 Å². The van der Waals surface area contributed by atoms with Crippen molar-refractivity contribution in [3.63, 3.8) is 0 Å². The Kier molecular flexibility index (Phi) is 6.06. The number of hydrogen-bond acceptors (Lipinski definition) is 6.